The van der Waals surface area contributed by atoms with Crippen molar-refractivity contribution in [3.63, 3.8) is 0 Å². The minimum atomic E-state index is 0.435. The Morgan fingerprint density at radius 1 is 1.14 bits per heavy atom. The van der Waals surface area contributed by atoms with Gasteiger partial charge in [-0.3, -0.25) is 4.98 Å². The zero-order valence-electron chi connectivity index (χ0n) is 15.8. The highest BCUT2D eigenvalue weighted by Crippen LogP contribution is 2.29. The average Bonchev–Trinajstić information content (AvgIpc) is 3.28. The number of hydrogen-bond acceptors (Lipinski definition) is 7. The predicted octanol–water partition coefficient (Wildman–Crippen LogP) is 3.50. The highest BCUT2D eigenvalue weighted by atomic mass is 16.5. The van der Waals surface area contributed by atoms with Crippen LogP contribution in [0.1, 0.15) is 12.8 Å². The molecule has 0 amide bonds. The van der Waals surface area contributed by atoms with E-state index < -0.39 is 0 Å². The van der Waals surface area contributed by atoms with Crippen molar-refractivity contribution in [2.24, 2.45) is 0 Å². The van der Waals surface area contributed by atoms with E-state index in [1.165, 1.54) is 6.42 Å². The number of methoxy groups -OCH3 is 1. The average molecular weight is 377 g/mol. The molecule has 0 bridgehead atoms. The van der Waals surface area contributed by atoms with Gasteiger partial charge in [0.15, 0.2) is 5.82 Å². The second-order valence-electron chi connectivity index (χ2n) is 6.60. The van der Waals surface area contributed by atoms with E-state index in [2.05, 4.69) is 25.6 Å². The zero-order chi connectivity index (χ0) is 19.2. The van der Waals surface area contributed by atoms with Gasteiger partial charge in [-0.05, 0) is 55.8 Å². The quantitative estimate of drug-likeness (QED) is 0.652. The van der Waals surface area contributed by atoms with Crippen LogP contribution < -0.4 is 20.1 Å². The fourth-order valence-corrected chi connectivity index (χ4v) is 3.12. The van der Waals surface area contributed by atoms with Crippen molar-refractivity contribution in [2.45, 2.75) is 18.9 Å². The Kier molecular flexibility index (Phi) is 5.63. The molecule has 1 aliphatic heterocycles. The monoisotopic (exact) mass is 377 g/mol. The molecule has 7 heteroatoms. The maximum Gasteiger partial charge on any atom is 0.263 e. The van der Waals surface area contributed by atoms with Crippen LogP contribution in [0.15, 0.2) is 55.0 Å². The minimum absolute atomic E-state index is 0.435. The SMILES string of the molecule is COc1ccc(Oc2nc(-c3cccnc3)cnc2NCC2CCCN2)cc1. The molecule has 4 rings (SSSR count). The molecule has 7 nitrogen and oxygen atoms in total. The van der Waals surface area contributed by atoms with Crippen LogP contribution in [0.3, 0.4) is 0 Å². The zero-order valence-corrected chi connectivity index (χ0v) is 15.8. The third-order valence-corrected chi connectivity index (χ3v) is 4.65. The summed E-state index contributed by atoms with van der Waals surface area (Å²) in [4.78, 5) is 13.4. The summed E-state index contributed by atoms with van der Waals surface area (Å²) < 4.78 is 11.3. The van der Waals surface area contributed by atoms with E-state index in [1.807, 2.05) is 36.4 Å². The van der Waals surface area contributed by atoms with Gasteiger partial charge in [0.25, 0.3) is 5.88 Å². The van der Waals surface area contributed by atoms with Crippen LogP contribution in [-0.4, -0.2) is 41.2 Å². The van der Waals surface area contributed by atoms with Gasteiger partial charge in [-0.15, -0.1) is 0 Å². The Morgan fingerprint density at radius 3 is 2.71 bits per heavy atom. The van der Waals surface area contributed by atoms with Crippen LogP contribution in [0.2, 0.25) is 0 Å². The fourth-order valence-electron chi connectivity index (χ4n) is 3.12. The molecule has 0 radical (unpaired) electrons. The number of nitrogens with one attached hydrogen (secondary N) is 2. The first kappa shape index (κ1) is 18.2. The lowest BCUT2D eigenvalue weighted by Gasteiger charge is -2.15. The van der Waals surface area contributed by atoms with Crippen LogP contribution in [0.5, 0.6) is 17.4 Å². The summed E-state index contributed by atoms with van der Waals surface area (Å²) >= 11 is 0. The molecule has 28 heavy (non-hydrogen) atoms. The highest BCUT2D eigenvalue weighted by Gasteiger charge is 2.17. The third kappa shape index (κ3) is 4.37. The minimum Gasteiger partial charge on any atom is -0.497 e. The molecule has 1 atom stereocenters. The second kappa shape index (κ2) is 8.67. The predicted molar refractivity (Wildman–Crippen MR) is 108 cm³/mol. The molecule has 1 fully saturated rings. The normalized spacial score (nSPS) is 16.0. The van der Waals surface area contributed by atoms with Gasteiger partial charge in [0.1, 0.15) is 11.5 Å². The van der Waals surface area contributed by atoms with E-state index in [9.17, 15) is 0 Å². The van der Waals surface area contributed by atoms with Crippen molar-refractivity contribution in [1.29, 1.82) is 0 Å². The Morgan fingerprint density at radius 2 is 2.00 bits per heavy atom. The molecule has 1 unspecified atom stereocenters. The molecule has 3 heterocycles. The van der Waals surface area contributed by atoms with E-state index in [-0.39, 0.29) is 0 Å². The molecule has 1 saturated heterocycles. The van der Waals surface area contributed by atoms with Gasteiger partial charge in [0.2, 0.25) is 0 Å². The molecule has 0 spiro atoms. The van der Waals surface area contributed by atoms with E-state index in [0.717, 1.165) is 30.8 Å². The van der Waals surface area contributed by atoms with Gasteiger partial charge in [0.05, 0.1) is 19.0 Å². The standard InChI is InChI=1S/C21H23N5O2/c1-27-17-6-8-18(9-7-17)28-21-20(24-13-16-5-3-11-23-16)25-14-19(26-21)15-4-2-10-22-12-15/h2,4,6-10,12,14,16,23H,3,5,11,13H2,1H3,(H,24,25). The first-order valence-electron chi connectivity index (χ1n) is 9.38. The molecule has 0 aliphatic carbocycles. The summed E-state index contributed by atoms with van der Waals surface area (Å²) in [5, 5.41) is 6.85. The van der Waals surface area contributed by atoms with E-state index in [1.54, 1.807) is 25.7 Å². The number of benzene rings is 1. The molecule has 1 aromatic carbocycles. The molecule has 2 N–H and O–H groups in total. The van der Waals surface area contributed by atoms with Gasteiger partial charge in [-0.25, -0.2) is 9.97 Å². The van der Waals surface area contributed by atoms with Crippen molar-refractivity contribution < 1.29 is 9.47 Å². The molecular formula is C21H23N5O2. The summed E-state index contributed by atoms with van der Waals surface area (Å²) in [6.45, 7) is 1.84. The summed E-state index contributed by atoms with van der Waals surface area (Å²) in [5.74, 6) is 2.50. The van der Waals surface area contributed by atoms with Crippen molar-refractivity contribution >= 4 is 5.82 Å². The van der Waals surface area contributed by atoms with E-state index >= 15 is 0 Å². The first-order chi connectivity index (χ1) is 13.8. The number of pyridine rings is 1. The van der Waals surface area contributed by atoms with Crippen LogP contribution in [0, 0.1) is 0 Å². The van der Waals surface area contributed by atoms with Gasteiger partial charge >= 0.3 is 0 Å². The van der Waals surface area contributed by atoms with E-state index in [0.29, 0.717) is 29.2 Å². The lowest BCUT2D eigenvalue weighted by atomic mass is 10.2. The van der Waals surface area contributed by atoms with Gasteiger partial charge in [-0.2, -0.15) is 0 Å². The van der Waals surface area contributed by atoms with Crippen molar-refractivity contribution in [3.05, 3.63) is 55.0 Å². The largest absolute Gasteiger partial charge is 0.497 e. The number of nitrogens with zero attached hydrogens (tertiary/aromatic N) is 3. The van der Waals surface area contributed by atoms with Crippen molar-refractivity contribution in [3.8, 4) is 28.6 Å². The molecule has 1 aliphatic rings. The number of ether oxygens (including phenoxy) is 2. The number of anilines is 1. The smallest absolute Gasteiger partial charge is 0.263 e. The lowest BCUT2D eigenvalue weighted by molar-refractivity contribution is 0.412. The van der Waals surface area contributed by atoms with Crippen LogP contribution >= 0.6 is 0 Å². The summed E-state index contributed by atoms with van der Waals surface area (Å²) in [6, 6.07) is 11.7. The van der Waals surface area contributed by atoms with Crippen LogP contribution in [-0.2, 0) is 0 Å². The number of rotatable bonds is 7. The van der Waals surface area contributed by atoms with Gasteiger partial charge in [-0.1, -0.05) is 0 Å². The lowest BCUT2D eigenvalue weighted by Crippen LogP contribution is -2.29. The highest BCUT2D eigenvalue weighted by molar-refractivity contribution is 5.60. The number of hydrogen-bond donors (Lipinski definition) is 2. The van der Waals surface area contributed by atoms with Crippen LogP contribution in [0.4, 0.5) is 5.82 Å². The Bertz CT molecular complexity index is 896. The maximum atomic E-state index is 6.05. The van der Waals surface area contributed by atoms with E-state index in [4.69, 9.17) is 9.47 Å². The Hall–Kier alpha value is -3.19. The van der Waals surface area contributed by atoms with Gasteiger partial charge < -0.3 is 20.1 Å². The number of aromatic nitrogens is 3. The summed E-state index contributed by atoms with van der Waals surface area (Å²) in [6.07, 6.45) is 7.59. The molecule has 2 aromatic heterocycles. The topological polar surface area (TPSA) is 81.2 Å². The summed E-state index contributed by atoms with van der Waals surface area (Å²) in [7, 11) is 1.64. The second-order valence-corrected chi connectivity index (χ2v) is 6.60. The fraction of sp³-hybridized carbons (Fsp3) is 0.286. The molecule has 3 aromatic rings. The maximum absolute atomic E-state index is 6.05. The molecule has 144 valence electrons. The van der Waals surface area contributed by atoms with Crippen molar-refractivity contribution in [1.82, 2.24) is 20.3 Å². The van der Waals surface area contributed by atoms with Crippen LogP contribution in [0.25, 0.3) is 11.3 Å². The van der Waals surface area contributed by atoms with Gasteiger partial charge in [0, 0.05) is 30.5 Å². The molecule has 0 saturated carbocycles. The Balaban J connectivity index is 1.59. The summed E-state index contributed by atoms with van der Waals surface area (Å²) in [5.41, 5.74) is 1.60. The third-order valence-electron chi connectivity index (χ3n) is 4.65. The molecular weight excluding hydrogens is 354 g/mol. The van der Waals surface area contributed by atoms with Crippen molar-refractivity contribution in [2.75, 3.05) is 25.5 Å². The first-order valence-corrected chi connectivity index (χ1v) is 9.38. The Labute approximate surface area is 164 Å².